The molecule has 0 unspecified atom stereocenters. The van der Waals surface area contributed by atoms with Crippen molar-refractivity contribution in [1.29, 1.82) is 0 Å². The molecular weight excluding hydrogens is 2380 g/mol. The molecular formula is C122H126Ir4N6O4-6. The minimum atomic E-state index is -0.125. The standard InChI is InChI=1S/C22H24N.2C21H20N.C18H14N.2C15H16N.2C5H8O2.4Ir/c1-14(2)8-18-13-22(19-10-16(4)9-17(5)11-19)23-21-7-6-15(3)12-20(18)21;1-14-7-15(2)10-19(9-14)18-5-6-22-21(13-18)20-11-16(3)8-17(4)12-20;1-21(2,3)19-12-13-20(22-15-19)18-11-7-10-17(14-18)16-8-5-4-6-9-16;1-14-10-11-18(19-13-14)17-9-5-8-16(12-17)15-6-3-2-4-7-15;2*1-15(2,3)13-9-10-14(16-11-13)12-7-5-4-6-8-12;2*1-4(6)3-5(2)7;;;;/h6-7,9-10,12-14H,8H2,1-5H3;5-11,13H,1-4H3;4-10,12-15H,1-3H3;2-8,10-13H,1H3;2*4-7,9-11H,1-3H3;2*3,6H,1-2H3;;;;/q6*-1;;;;;;. The van der Waals surface area contributed by atoms with E-state index < -0.39 is 0 Å². The van der Waals surface area contributed by atoms with Crippen molar-refractivity contribution < 1.29 is 100 Å². The number of carbonyl (C=O) groups excluding carboxylic acids is 2. The maximum atomic E-state index is 10.0. The number of carbonyl (C=O) groups is 2. The van der Waals surface area contributed by atoms with Gasteiger partial charge in [-0.05, 0) is 186 Å². The number of nitrogens with zero attached hydrogens (tertiary/aromatic N) is 6. The van der Waals surface area contributed by atoms with E-state index in [1.165, 1.54) is 134 Å². The molecule has 0 saturated carbocycles. The van der Waals surface area contributed by atoms with Crippen LogP contribution in [0.15, 0.2) is 328 Å². The molecule has 710 valence electrons. The maximum absolute atomic E-state index is 10.0. The van der Waals surface area contributed by atoms with Gasteiger partial charge in [-0.2, -0.15) is 0 Å². The molecule has 16 rings (SSSR count). The van der Waals surface area contributed by atoms with Crippen LogP contribution < -0.4 is 0 Å². The number of aryl methyl sites for hydroxylation is 8. The average molecular weight is 2510 g/mol. The van der Waals surface area contributed by atoms with E-state index in [0.717, 1.165) is 90.6 Å². The van der Waals surface area contributed by atoms with Crippen LogP contribution >= 0.6 is 0 Å². The zero-order valence-electron chi connectivity index (χ0n) is 82.5. The summed E-state index contributed by atoms with van der Waals surface area (Å²) in [5, 5.41) is 18.0. The van der Waals surface area contributed by atoms with E-state index in [1.54, 1.807) is 0 Å². The molecule has 4 radical (unpaired) electrons. The molecule has 0 bridgehead atoms. The molecule has 2 N–H and O–H groups in total. The molecule has 0 aliphatic carbocycles. The number of hydrogen-bond donors (Lipinski definition) is 2. The van der Waals surface area contributed by atoms with Crippen LogP contribution in [0.5, 0.6) is 0 Å². The summed E-state index contributed by atoms with van der Waals surface area (Å²) in [7, 11) is 0. The molecule has 0 atom stereocenters. The summed E-state index contributed by atoms with van der Waals surface area (Å²) in [5.41, 5.74) is 35.9. The molecule has 10 aromatic carbocycles. The first-order chi connectivity index (χ1) is 62.7. The van der Waals surface area contributed by atoms with Crippen molar-refractivity contribution in [3.8, 4) is 101 Å². The van der Waals surface area contributed by atoms with Gasteiger partial charge in [-0.25, -0.2) is 0 Å². The average Bonchev–Trinajstić information content (AvgIpc) is 0.777. The van der Waals surface area contributed by atoms with Gasteiger partial charge in [-0.1, -0.05) is 266 Å². The van der Waals surface area contributed by atoms with Gasteiger partial charge >= 0.3 is 0 Å². The van der Waals surface area contributed by atoms with Crippen molar-refractivity contribution in [3.63, 3.8) is 0 Å². The summed E-state index contributed by atoms with van der Waals surface area (Å²) in [6.45, 7) is 46.9. The second kappa shape index (κ2) is 55.6. The summed E-state index contributed by atoms with van der Waals surface area (Å²) in [6, 6.07) is 114. The third-order valence-corrected chi connectivity index (χ3v) is 20.8. The Balaban J connectivity index is 0.000000280. The van der Waals surface area contributed by atoms with Gasteiger partial charge in [0.15, 0.2) is 11.6 Å². The fraction of sp³-hybridized carbons (Fsp3) is 0.230. The van der Waals surface area contributed by atoms with Crippen LogP contribution in [-0.4, -0.2) is 51.7 Å². The van der Waals surface area contributed by atoms with E-state index in [-0.39, 0.29) is 120 Å². The molecule has 0 fully saturated rings. The predicted octanol–water partition coefficient (Wildman–Crippen LogP) is 31.1. The van der Waals surface area contributed by atoms with E-state index in [2.05, 4.69) is 380 Å². The summed E-state index contributed by atoms with van der Waals surface area (Å²) >= 11 is 0. The Morgan fingerprint density at radius 2 is 0.706 bits per heavy atom. The van der Waals surface area contributed by atoms with Crippen LogP contribution in [0.2, 0.25) is 0 Å². The number of rotatable bonds is 13. The van der Waals surface area contributed by atoms with Gasteiger partial charge in [0.05, 0.1) is 17.0 Å². The van der Waals surface area contributed by atoms with E-state index in [9.17, 15) is 9.59 Å². The number of benzene rings is 10. The number of allylic oxidation sites excluding steroid dienone is 4. The fourth-order valence-electron chi connectivity index (χ4n) is 14.3. The third-order valence-electron chi connectivity index (χ3n) is 20.8. The van der Waals surface area contributed by atoms with E-state index >= 15 is 0 Å². The molecule has 6 heterocycles. The first-order valence-electron chi connectivity index (χ1n) is 44.8. The second-order valence-electron chi connectivity index (χ2n) is 36.9. The van der Waals surface area contributed by atoms with Gasteiger partial charge in [0.1, 0.15) is 0 Å². The molecule has 0 aliphatic rings. The van der Waals surface area contributed by atoms with Gasteiger partial charge in [0.2, 0.25) is 0 Å². The Labute approximate surface area is 864 Å². The largest absolute Gasteiger partial charge is 0.512 e. The van der Waals surface area contributed by atoms with E-state index in [0.29, 0.717) is 5.92 Å². The normalized spacial score (nSPS) is 10.8. The molecule has 0 spiro atoms. The summed E-state index contributed by atoms with van der Waals surface area (Å²) in [5.74, 6) is 0.497. The van der Waals surface area contributed by atoms with Crippen molar-refractivity contribution in [2.75, 3.05) is 0 Å². The molecule has 6 aromatic heterocycles. The fourth-order valence-corrected chi connectivity index (χ4v) is 14.3. The Hall–Kier alpha value is -11.6. The SMILES string of the molecule is CC(=O)C=C(C)O.CC(=O)C=C(C)O.CC(C)(C)c1ccc(-c2[c-]ccc(-c3ccccc3)c2)nc1.CC(C)(C)c1ccc(-c2[c-]cccc2)nc1.CC(C)(C)c1ccc(-c2[c-]cccc2)nc1.Cc1[c-]c(-c2cc(-c3cc(C)cc(C)c3)ccn2)cc(C)c1.Cc1[c-]c(-c2cc(CC(C)C)c3cc(C)ccc3n2)cc(C)c1.Cc1ccc(-c2[c-]ccc(-c3ccccc3)c2)nc1.[Ir].[Ir].[Ir].[Ir]. The first kappa shape index (κ1) is 115. The van der Waals surface area contributed by atoms with Crippen molar-refractivity contribution in [2.45, 2.75) is 182 Å². The Morgan fingerprint density at radius 1 is 0.324 bits per heavy atom. The van der Waals surface area contributed by atoms with Gasteiger partial charge in [-0.3, -0.25) is 14.6 Å². The van der Waals surface area contributed by atoms with Crippen LogP contribution in [-0.2, 0) is 113 Å². The van der Waals surface area contributed by atoms with Crippen molar-refractivity contribution in [1.82, 2.24) is 29.9 Å². The first-order valence-corrected chi connectivity index (χ1v) is 44.8. The van der Waals surface area contributed by atoms with Gasteiger partial charge in [-0.15, -0.1) is 212 Å². The smallest absolute Gasteiger partial charge is 0.155 e. The minimum absolute atomic E-state index is 0. The molecule has 14 heteroatoms. The Kier molecular flexibility index (Phi) is 46.9. The molecule has 16 aromatic rings. The number of ketones is 2. The van der Waals surface area contributed by atoms with Crippen LogP contribution in [0.1, 0.15) is 171 Å². The topological polar surface area (TPSA) is 152 Å². The quantitative estimate of drug-likeness (QED) is 0.0648. The number of fused-ring (bicyclic) bond motifs is 1. The number of aromatic nitrogens is 6. The van der Waals surface area contributed by atoms with Crippen molar-refractivity contribution in [3.05, 3.63) is 431 Å². The zero-order valence-corrected chi connectivity index (χ0v) is 92.1. The Morgan fingerprint density at radius 3 is 1.07 bits per heavy atom. The second-order valence-corrected chi connectivity index (χ2v) is 36.9. The van der Waals surface area contributed by atoms with Crippen molar-refractivity contribution >= 4 is 22.5 Å². The molecule has 10 nitrogen and oxygen atoms in total. The Bertz CT molecular complexity index is 6230. The molecule has 136 heavy (non-hydrogen) atoms. The van der Waals surface area contributed by atoms with E-state index in [4.69, 9.17) is 15.2 Å². The maximum Gasteiger partial charge on any atom is 0.155 e. The monoisotopic (exact) mass is 2510 g/mol. The van der Waals surface area contributed by atoms with Gasteiger partial charge in [0, 0.05) is 129 Å². The van der Waals surface area contributed by atoms with Crippen LogP contribution in [0.4, 0.5) is 0 Å². The molecule has 0 saturated heterocycles. The predicted molar refractivity (Wildman–Crippen MR) is 552 cm³/mol. The summed E-state index contributed by atoms with van der Waals surface area (Å²) in [6.07, 6.45) is 13.1. The van der Waals surface area contributed by atoms with E-state index in [1.807, 2.05) is 117 Å². The number of aliphatic hydroxyl groups is 2. The van der Waals surface area contributed by atoms with Gasteiger partial charge in [0.25, 0.3) is 0 Å². The van der Waals surface area contributed by atoms with Crippen LogP contribution in [0.3, 0.4) is 0 Å². The van der Waals surface area contributed by atoms with Crippen molar-refractivity contribution in [2.24, 2.45) is 5.92 Å². The zero-order chi connectivity index (χ0) is 95.8. The number of hydrogen-bond acceptors (Lipinski definition) is 10. The number of pyridine rings is 6. The third kappa shape index (κ3) is 38.2. The van der Waals surface area contributed by atoms with Gasteiger partial charge < -0.3 is 35.1 Å². The summed E-state index contributed by atoms with van der Waals surface area (Å²) in [4.78, 5) is 47.5. The molecule has 0 amide bonds. The number of aliphatic hydroxyl groups excluding tert-OH is 2. The van der Waals surface area contributed by atoms with Crippen LogP contribution in [0.25, 0.3) is 112 Å². The summed E-state index contributed by atoms with van der Waals surface area (Å²) < 4.78 is 0. The van der Waals surface area contributed by atoms with Crippen LogP contribution in [0, 0.1) is 97.7 Å². The molecule has 0 aliphatic heterocycles. The minimum Gasteiger partial charge on any atom is -0.512 e.